The molecule has 1 aromatic rings. The lowest BCUT2D eigenvalue weighted by Crippen LogP contribution is -2.47. The molecule has 0 bridgehead atoms. The standard InChI is InChI=1S/C18H24F3NO2/c1-12-8-22(9-13(2)24-12)10-17-7-15(11-23-17)14-4-3-5-16(6-14)18(19,20)21/h3-6,12-13,15,17H,7-11H2,1-2H3. The second-order valence-corrected chi connectivity index (χ2v) is 6.99. The molecular weight excluding hydrogens is 319 g/mol. The summed E-state index contributed by atoms with van der Waals surface area (Å²) in [6.45, 7) is 7.17. The zero-order valence-electron chi connectivity index (χ0n) is 14.1. The Balaban J connectivity index is 1.59. The van der Waals surface area contributed by atoms with E-state index in [1.165, 1.54) is 12.1 Å². The average molecular weight is 343 g/mol. The molecule has 2 aliphatic rings. The number of rotatable bonds is 3. The van der Waals surface area contributed by atoms with Gasteiger partial charge in [-0.15, -0.1) is 0 Å². The molecule has 0 saturated carbocycles. The van der Waals surface area contributed by atoms with Gasteiger partial charge in [0, 0.05) is 25.6 Å². The molecule has 0 aromatic heterocycles. The molecule has 134 valence electrons. The summed E-state index contributed by atoms with van der Waals surface area (Å²) in [5.41, 5.74) is 0.135. The van der Waals surface area contributed by atoms with Crippen molar-refractivity contribution in [3.8, 4) is 0 Å². The number of benzene rings is 1. The van der Waals surface area contributed by atoms with Gasteiger partial charge < -0.3 is 9.47 Å². The molecule has 2 heterocycles. The molecule has 0 spiro atoms. The second-order valence-electron chi connectivity index (χ2n) is 6.99. The smallest absolute Gasteiger partial charge is 0.376 e. The highest BCUT2D eigenvalue weighted by Crippen LogP contribution is 2.35. The van der Waals surface area contributed by atoms with E-state index >= 15 is 0 Å². The molecule has 24 heavy (non-hydrogen) atoms. The summed E-state index contributed by atoms with van der Waals surface area (Å²) in [7, 11) is 0. The van der Waals surface area contributed by atoms with Gasteiger partial charge in [-0.05, 0) is 31.9 Å². The second kappa shape index (κ2) is 7.02. The molecule has 4 atom stereocenters. The molecule has 3 nitrogen and oxygen atoms in total. The van der Waals surface area contributed by atoms with Crippen LogP contribution in [-0.4, -0.2) is 49.5 Å². The summed E-state index contributed by atoms with van der Waals surface area (Å²) in [6.07, 6.45) is -3.05. The largest absolute Gasteiger partial charge is 0.416 e. The molecule has 2 fully saturated rings. The van der Waals surface area contributed by atoms with Crippen LogP contribution in [0, 0.1) is 0 Å². The van der Waals surface area contributed by atoms with Gasteiger partial charge in [0.2, 0.25) is 0 Å². The Morgan fingerprint density at radius 1 is 1.17 bits per heavy atom. The third-order valence-electron chi connectivity index (χ3n) is 4.72. The zero-order chi connectivity index (χ0) is 17.3. The molecule has 4 unspecified atom stereocenters. The van der Waals surface area contributed by atoms with Gasteiger partial charge in [-0.25, -0.2) is 0 Å². The summed E-state index contributed by atoms with van der Waals surface area (Å²) in [5, 5.41) is 0. The average Bonchev–Trinajstić information content (AvgIpc) is 2.94. The van der Waals surface area contributed by atoms with Crippen molar-refractivity contribution in [2.45, 2.75) is 50.7 Å². The van der Waals surface area contributed by atoms with Crippen molar-refractivity contribution in [1.29, 1.82) is 0 Å². The monoisotopic (exact) mass is 343 g/mol. The van der Waals surface area contributed by atoms with Crippen molar-refractivity contribution >= 4 is 0 Å². The van der Waals surface area contributed by atoms with Gasteiger partial charge in [-0.3, -0.25) is 4.90 Å². The van der Waals surface area contributed by atoms with E-state index in [-0.39, 0.29) is 24.2 Å². The zero-order valence-corrected chi connectivity index (χ0v) is 14.1. The lowest BCUT2D eigenvalue weighted by molar-refractivity contribution is -0.137. The van der Waals surface area contributed by atoms with Crippen LogP contribution >= 0.6 is 0 Å². The Morgan fingerprint density at radius 2 is 1.88 bits per heavy atom. The minimum absolute atomic E-state index is 0.0354. The van der Waals surface area contributed by atoms with Crippen molar-refractivity contribution in [1.82, 2.24) is 4.90 Å². The molecular formula is C18H24F3NO2. The molecule has 2 aliphatic heterocycles. The Hall–Kier alpha value is -1.11. The molecule has 3 rings (SSSR count). The van der Waals surface area contributed by atoms with Gasteiger partial charge in [-0.1, -0.05) is 18.2 Å². The topological polar surface area (TPSA) is 21.7 Å². The van der Waals surface area contributed by atoms with E-state index in [0.717, 1.165) is 37.7 Å². The molecule has 2 saturated heterocycles. The van der Waals surface area contributed by atoms with Crippen molar-refractivity contribution in [3.05, 3.63) is 35.4 Å². The van der Waals surface area contributed by atoms with Gasteiger partial charge in [0.15, 0.2) is 0 Å². The van der Waals surface area contributed by atoms with Gasteiger partial charge in [0.25, 0.3) is 0 Å². The van der Waals surface area contributed by atoms with Gasteiger partial charge in [0.05, 0.1) is 30.5 Å². The number of nitrogens with zero attached hydrogens (tertiary/aromatic N) is 1. The predicted octanol–water partition coefficient (Wildman–Crippen LogP) is 3.69. The normalized spacial score (nSPS) is 32.2. The highest BCUT2D eigenvalue weighted by Gasteiger charge is 2.34. The highest BCUT2D eigenvalue weighted by molar-refractivity contribution is 5.29. The lowest BCUT2D eigenvalue weighted by Gasteiger charge is -2.36. The van der Waals surface area contributed by atoms with E-state index in [9.17, 15) is 13.2 Å². The summed E-state index contributed by atoms with van der Waals surface area (Å²) in [5.74, 6) is 0.0354. The SMILES string of the molecule is CC1CN(CC2CC(c3cccc(C(F)(F)F)c3)CO2)CC(C)O1. The van der Waals surface area contributed by atoms with Crippen LogP contribution in [0.1, 0.15) is 37.3 Å². The number of ether oxygens (including phenoxy) is 2. The molecule has 0 amide bonds. The Morgan fingerprint density at radius 3 is 2.54 bits per heavy atom. The van der Waals surface area contributed by atoms with Crippen LogP contribution in [0.4, 0.5) is 13.2 Å². The molecule has 0 N–H and O–H groups in total. The van der Waals surface area contributed by atoms with Crippen molar-refractivity contribution in [2.24, 2.45) is 0 Å². The van der Waals surface area contributed by atoms with E-state index in [4.69, 9.17) is 9.47 Å². The number of alkyl halides is 3. The fourth-order valence-electron chi connectivity index (χ4n) is 3.76. The molecule has 1 aromatic carbocycles. The lowest BCUT2D eigenvalue weighted by atomic mass is 9.94. The van der Waals surface area contributed by atoms with Crippen LogP contribution in [0.5, 0.6) is 0 Å². The first kappa shape index (κ1) is 17.7. The molecule has 6 heteroatoms. The first-order valence-electron chi connectivity index (χ1n) is 8.48. The summed E-state index contributed by atoms with van der Waals surface area (Å²) in [4.78, 5) is 2.33. The van der Waals surface area contributed by atoms with Crippen LogP contribution < -0.4 is 0 Å². The van der Waals surface area contributed by atoms with Gasteiger partial charge >= 0.3 is 6.18 Å². The fraction of sp³-hybridized carbons (Fsp3) is 0.667. The van der Waals surface area contributed by atoms with E-state index in [1.54, 1.807) is 6.07 Å². The van der Waals surface area contributed by atoms with E-state index in [2.05, 4.69) is 18.7 Å². The molecule has 0 aliphatic carbocycles. The maximum atomic E-state index is 12.9. The Labute approximate surface area is 140 Å². The van der Waals surface area contributed by atoms with Crippen LogP contribution in [0.3, 0.4) is 0 Å². The van der Waals surface area contributed by atoms with Crippen LogP contribution in [-0.2, 0) is 15.7 Å². The van der Waals surface area contributed by atoms with Crippen molar-refractivity contribution in [3.63, 3.8) is 0 Å². The third-order valence-corrected chi connectivity index (χ3v) is 4.72. The highest BCUT2D eigenvalue weighted by atomic mass is 19.4. The van der Waals surface area contributed by atoms with Crippen LogP contribution in [0.25, 0.3) is 0 Å². The molecule has 0 radical (unpaired) electrons. The maximum Gasteiger partial charge on any atom is 0.416 e. The minimum atomic E-state index is -4.30. The fourth-order valence-corrected chi connectivity index (χ4v) is 3.76. The summed E-state index contributed by atoms with van der Waals surface area (Å²) < 4.78 is 50.2. The quantitative estimate of drug-likeness (QED) is 0.836. The van der Waals surface area contributed by atoms with Gasteiger partial charge in [-0.2, -0.15) is 13.2 Å². The van der Waals surface area contributed by atoms with Crippen molar-refractivity contribution < 1.29 is 22.6 Å². The number of hydrogen-bond acceptors (Lipinski definition) is 3. The summed E-state index contributed by atoms with van der Waals surface area (Å²) in [6, 6.07) is 5.63. The maximum absolute atomic E-state index is 12.9. The number of hydrogen-bond donors (Lipinski definition) is 0. The Bertz CT molecular complexity index is 553. The van der Waals surface area contributed by atoms with Crippen molar-refractivity contribution in [2.75, 3.05) is 26.2 Å². The minimum Gasteiger partial charge on any atom is -0.376 e. The van der Waals surface area contributed by atoms with E-state index in [1.807, 2.05) is 0 Å². The van der Waals surface area contributed by atoms with E-state index < -0.39 is 11.7 Å². The van der Waals surface area contributed by atoms with E-state index in [0.29, 0.717) is 6.61 Å². The number of morpholine rings is 1. The third kappa shape index (κ3) is 4.29. The van der Waals surface area contributed by atoms with Crippen LogP contribution in [0.2, 0.25) is 0 Å². The summed E-state index contributed by atoms with van der Waals surface area (Å²) >= 11 is 0. The first-order chi connectivity index (χ1) is 11.3. The first-order valence-corrected chi connectivity index (χ1v) is 8.48. The van der Waals surface area contributed by atoms with Crippen LogP contribution in [0.15, 0.2) is 24.3 Å². The number of halogens is 3. The predicted molar refractivity (Wildman–Crippen MR) is 85.0 cm³/mol. The van der Waals surface area contributed by atoms with Gasteiger partial charge in [0.1, 0.15) is 0 Å². The Kier molecular flexibility index (Phi) is 5.18.